The third kappa shape index (κ3) is 2.71. The molecule has 0 saturated carbocycles. The van der Waals surface area contributed by atoms with Crippen molar-refractivity contribution in [1.29, 1.82) is 0 Å². The molecule has 114 valence electrons. The Kier molecular flexibility index (Phi) is 3.77. The maximum absolute atomic E-state index is 6.22. The van der Waals surface area contributed by atoms with Crippen LogP contribution in [0.1, 0.15) is 12.8 Å². The number of aromatic nitrogens is 1. The summed E-state index contributed by atoms with van der Waals surface area (Å²) < 4.78 is 6.17. The number of hydrogen-bond donors (Lipinski definition) is 0. The first-order valence-electron chi connectivity index (χ1n) is 7.89. The number of benzene rings is 1. The van der Waals surface area contributed by atoms with Crippen molar-refractivity contribution in [3.05, 3.63) is 47.6 Å². The van der Waals surface area contributed by atoms with Gasteiger partial charge in [-0.25, -0.2) is 0 Å². The van der Waals surface area contributed by atoms with E-state index in [-0.39, 0.29) is 0 Å². The van der Waals surface area contributed by atoms with E-state index < -0.39 is 0 Å². The highest BCUT2D eigenvalue weighted by atomic mass is 35.5. The van der Waals surface area contributed by atoms with Crippen molar-refractivity contribution >= 4 is 11.6 Å². The lowest BCUT2D eigenvalue weighted by Crippen LogP contribution is -2.52. The third-order valence-electron chi connectivity index (χ3n) is 4.77. The fraction of sp³-hybridized carbons (Fsp3) is 0.389. The Hall–Kier alpha value is -1.58. The van der Waals surface area contributed by atoms with Gasteiger partial charge in [0.15, 0.2) is 0 Å². The Morgan fingerprint density at radius 2 is 1.91 bits per heavy atom. The van der Waals surface area contributed by atoms with E-state index in [4.69, 9.17) is 16.3 Å². The van der Waals surface area contributed by atoms with Crippen molar-refractivity contribution in [2.45, 2.75) is 18.9 Å². The predicted octanol–water partition coefficient (Wildman–Crippen LogP) is 3.88. The summed E-state index contributed by atoms with van der Waals surface area (Å²) in [5, 5.41) is 0.723. The second-order valence-corrected chi connectivity index (χ2v) is 6.56. The van der Waals surface area contributed by atoms with Crippen LogP contribution in [-0.4, -0.2) is 35.6 Å². The van der Waals surface area contributed by atoms with E-state index in [9.17, 15) is 0 Å². The molecule has 1 aromatic carbocycles. The highest BCUT2D eigenvalue weighted by Gasteiger charge is 2.35. The molecule has 3 saturated heterocycles. The lowest BCUT2D eigenvalue weighted by atomic mass is 9.86. The topological polar surface area (TPSA) is 25.4 Å². The summed E-state index contributed by atoms with van der Waals surface area (Å²) >= 11 is 6.22. The number of rotatable bonds is 3. The number of hydrogen-bond acceptors (Lipinski definition) is 3. The van der Waals surface area contributed by atoms with Gasteiger partial charge in [-0.15, -0.1) is 0 Å². The second kappa shape index (κ2) is 5.90. The van der Waals surface area contributed by atoms with Crippen molar-refractivity contribution in [2.24, 2.45) is 5.92 Å². The van der Waals surface area contributed by atoms with Gasteiger partial charge in [0, 0.05) is 17.1 Å². The first-order valence-corrected chi connectivity index (χ1v) is 8.27. The molecule has 5 rings (SSSR count). The van der Waals surface area contributed by atoms with Gasteiger partial charge >= 0.3 is 0 Å². The van der Waals surface area contributed by atoms with E-state index in [1.165, 1.54) is 25.9 Å². The van der Waals surface area contributed by atoms with Crippen LogP contribution in [0.15, 0.2) is 42.6 Å². The van der Waals surface area contributed by atoms with Crippen LogP contribution in [-0.2, 0) is 0 Å². The monoisotopic (exact) mass is 314 g/mol. The smallest absolute Gasteiger partial charge is 0.138 e. The van der Waals surface area contributed by atoms with Gasteiger partial charge in [-0.3, -0.25) is 9.88 Å². The van der Waals surface area contributed by atoms with Gasteiger partial charge in [-0.05, 0) is 50.0 Å². The maximum atomic E-state index is 6.22. The van der Waals surface area contributed by atoms with Crippen molar-refractivity contribution < 1.29 is 4.74 Å². The Labute approximate surface area is 135 Å². The minimum Gasteiger partial charge on any atom is -0.487 e. The zero-order valence-electron chi connectivity index (χ0n) is 12.4. The number of pyridine rings is 1. The lowest BCUT2D eigenvalue weighted by molar-refractivity contribution is -0.00791. The van der Waals surface area contributed by atoms with Crippen LogP contribution in [0.3, 0.4) is 0 Å². The summed E-state index contributed by atoms with van der Waals surface area (Å²) in [6.45, 7) is 3.51. The molecule has 3 aliphatic rings. The normalized spacial score (nSPS) is 26.9. The summed E-state index contributed by atoms with van der Waals surface area (Å²) in [5.41, 5.74) is 1.84. The van der Waals surface area contributed by atoms with Gasteiger partial charge in [0.1, 0.15) is 11.9 Å². The Morgan fingerprint density at radius 3 is 2.55 bits per heavy atom. The van der Waals surface area contributed by atoms with Gasteiger partial charge in [-0.1, -0.05) is 29.8 Å². The summed E-state index contributed by atoms with van der Waals surface area (Å²) in [5.74, 6) is 1.56. The zero-order valence-corrected chi connectivity index (χ0v) is 13.2. The molecule has 1 aromatic heterocycles. The average molecular weight is 315 g/mol. The zero-order chi connectivity index (χ0) is 14.9. The molecule has 3 aliphatic heterocycles. The quantitative estimate of drug-likeness (QED) is 0.860. The van der Waals surface area contributed by atoms with Crippen LogP contribution in [0.4, 0.5) is 0 Å². The summed E-state index contributed by atoms with van der Waals surface area (Å²) in [6.07, 6.45) is 4.65. The van der Waals surface area contributed by atoms with E-state index >= 15 is 0 Å². The fourth-order valence-electron chi connectivity index (χ4n) is 3.50. The number of fused-ring (bicyclic) bond motifs is 3. The molecule has 4 heterocycles. The first-order chi connectivity index (χ1) is 10.8. The second-order valence-electron chi connectivity index (χ2n) is 6.15. The predicted molar refractivity (Wildman–Crippen MR) is 88.3 cm³/mol. The standard InChI is InChI=1S/C18H19ClN2O/c19-16-4-2-1-3-15(16)17-6-5-14(11-20-17)22-18-12-21-9-7-13(18)8-10-21/h1-6,11,13,18H,7-10,12H2/t18-/m0/s1. The molecule has 0 radical (unpaired) electrons. The Bertz CT molecular complexity index is 650. The van der Waals surface area contributed by atoms with Crippen molar-refractivity contribution in [2.75, 3.05) is 19.6 Å². The van der Waals surface area contributed by atoms with Crippen LogP contribution in [0.25, 0.3) is 11.3 Å². The summed E-state index contributed by atoms with van der Waals surface area (Å²) in [4.78, 5) is 7.01. The minimum absolute atomic E-state index is 0.315. The molecule has 2 aromatic rings. The van der Waals surface area contributed by atoms with Crippen LogP contribution in [0, 0.1) is 5.92 Å². The van der Waals surface area contributed by atoms with Crippen LogP contribution >= 0.6 is 11.6 Å². The van der Waals surface area contributed by atoms with E-state index in [1.807, 2.05) is 42.6 Å². The minimum atomic E-state index is 0.315. The molecule has 1 atom stereocenters. The lowest BCUT2D eigenvalue weighted by Gasteiger charge is -2.44. The van der Waals surface area contributed by atoms with Crippen LogP contribution in [0.2, 0.25) is 5.02 Å². The highest BCUT2D eigenvalue weighted by Crippen LogP contribution is 2.31. The van der Waals surface area contributed by atoms with Crippen molar-refractivity contribution in [3.8, 4) is 17.0 Å². The molecule has 0 N–H and O–H groups in total. The van der Waals surface area contributed by atoms with Gasteiger partial charge in [-0.2, -0.15) is 0 Å². The van der Waals surface area contributed by atoms with Gasteiger partial charge in [0.2, 0.25) is 0 Å². The van der Waals surface area contributed by atoms with Gasteiger partial charge in [0.05, 0.1) is 11.9 Å². The molecule has 0 spiro atoms. The molecule has 0 unspecified atom stereocenters. The van der Waals surface area contributed by atoms with Gasteiger partial charge < -0.3 is 4.74 Å². The Morgan fingerprint density at radius 1 is 1.09 bits per heavy atom. The Balaban J connectivity index is 1.49. The molecule has 4 heteroatoms. The van der Waals surface area contributed by atoms with E-state index in [0.29, 0.717) is 12.0 Å². The third-order valence-corrected chi connectivity index (χ3v) is 5.10. The largest absolute Gasteiger partial charge is 0.487 e. The molecule has 2 bridgehead atoms. The first kappa shape index (κ1) is 14.0. The molecular weight excluding hydrogens is 296 g/mol. The van der Waals surface area contributed by atoms with E-state index in [0.717, 1.165) is 28.6 Å². The van der Waals surface area contributed by atoms with Crippen molar-refractivity contribution in [3.63, 3.8) is 0 Å². The number of nitrogens with zero attached hydrogens (tertiary/aromatic N) is 2. The highest BCUT2D eigenvalue weighted by molar-refractivity contribution is 6.33. The number of ether oxygens (including phenoxy) is 1. The van der Waals surface area contributed by atoms with Crippen molar-refractivity contribution in [1.82, 2.24) is 9.88 Å². The van der Waals surface area contributed by atoms with E-state index in [2.05, 4.69) is 9.88 Å². The number of halogens is 1. The SMILES string of the molecule is Clc1ccccc1-c1ccc(O[C@H]2CN3CCC2CC3)cn1. The molecule has 22 heavy (non-hydrogen) atoms. The summed E-state index contributed by atoms with van der Waals surface area (Å²) in [6, 6.07) is 11.8. The fourth-order valence-corrected chi connectivity index (χ4v) is 3.73. The summed E-state index contributed by atoms with van der Waals surface area (Å²) in [7, 11) is 0. The van der Waals surface area contributed by atoms with Gasteiger partial charge in [0.25, 0.3) is 0 Å². The average Bonchev–Trinajstić information content (AvgIpc) is 2.57. The maximum Gasteiger partial charge on any atom is 0.138 e. The van der Waals surface area contributed by atoms with Crippen LogP contribution < -0.4 is 4.74 Å². The molecule has 0 aliphatic carbocycles. The molecule has 3 fully saturated rings. The van der Waals surface area contributed by atoms with E-state index in [1.54, 1.807) is 0 Å². The number of piperidine rings is 3. The molecule has 0 amide bonds. The molecular formula is C18H19ClN2O. The van der Waals surface area contributed by atoms with Crippen LogP contribution in [0.5, 0.6) is 5.75 Å². The molecule has 3 nitrogen and oxygen atoms in total.